The van der Waals surface area contributed by atoms with Gasteiger partial charge in [-0.05, 0) is 57.4 Å². The monoisotopic (exact) mass is 237 g/mol. The Bertz CT molecular complexity index is 285. The maximum absolute atomic E-state index is 9.64. The van der Waals surface area contributed by atoms with Gasteiger partial charge in [0, 0.05) is 13.1 Å². The molecule has 0 aromatic carbocycles. The highest BCUT2D eigenvalue weighted by Crippen LogP contribution is 2.32. The van der Waals surface area contributed by atoms with Crippen molar-refractivity contribution in [1.82, 2.24) is 4.90 Å². The highest BCUT2D eigenvalue weighted by atomic mass is 16.3. The van der Waals surface area contributed by atoms with Crippen molar-refractivity contribution < 1.29 is 5.11 Å². The van der Waals surface area contributed by atoms with E-state index in [1.807, 2.05) is 6.92 Å². The van der Waals surface area contributed by atoms with Crippen LogP contribution < -0.4 is 0 Å². The van der Waals surface area contributed by atoms with Crippen LogP contribution in [0.5, 0.6) is 0 Å². The van der Waals surface area contributed by atoms with Crippen LogP contribution in [0.3, 0.4) is 0 Å². The Morgan fingerprint density at radius 1 is 1.47 bits per heavy atom. The molecule has 0 amide bonds. The lowest BCUT2D eigenvalue weighted by Gasteiger charge is -2.32. The maximum atomic E-state index is 9.64. The van der Waals surface area contributed by atoms with E-state index in [4.69, 9.17) is 0 Å². The minimum Gasteiger partial charge on any atom is -0.393 e. The van der Waals surface area contributed by atoms with Crippen LogP contribution in [0.1, 0.15) is 40.0 Å². The lowest BCUT2D eigenvalue weighted by Crippen LogP contribution is -2.33. The van der Waals surface area contributed by atoms with Crippen molar-refractivity contribution in [3.8, 4) is 0 Å². The first-order chi connectivity index (χ1) is 8.08. The normalized spacial score (nSPS) is 36.9. The lowest BCUT2D eigenvalue weighted by atomic mass is 9.80. The molecule has 98 valence electrons. The second kappa shape index (κ2) is 5.53. The smallest absolute Gasteiger partial charge is 0.0552 e. The highest BCUT2D eigenvalue weighted by molar-refractivity contribution is 5.09. The Hall–Kier alpha value is -0.340. The summed E-state index contributed by atoms with van der Waals surface area (Å²) in [6, 6.07) is 0. The third-order valence-electron chi connectivity index (χ3n) is 4.81. The molecule has 2 nitrogen and oxygen atoms in total. The van der Waals surface area contributed by atoms with Gasteiger partial charge in [0.25, 0.3) is 0 Å². The second-order valence-electron chi connectivity index (χ2n) is 6.16. The molecule has 1 aliphatic carbocycles. The zero-order chi connectivity index (χ0) is 12.4. The highest BCUT2D eigenvalue weighted by Gasteiger charge is 2.30. The molecule has 0 bridgehead atoms. The van der Waals surface area contributed by atoms with Crippen LogP contribution in [-0.2, 0) is 0 Å². The summed E-state index contributed by atoms with van der Waals surface area (Å²) in [6.45, 7) is 10.1. The fraction of sp³-hybridized carbons (Fsp3) is 0.867. The number of allylic oxidation sites excluding steroid dienone is 1. The number of rotatable bonds is 3. The van der Waals surface area contributed by atoms with Crippen molar-refractivity contribution in [2.75, 3.05) is 19.6 Å². The first-order valence-electron chi connectivity index (χ1n) is 7.15. The summed E-state index contributed by atoms with van der Waals surface area (Å²) in [5.41, 5.74) is 1.59. The Morgan fingerprint density at radius 3 is 2.82 bits per heavy atom. The van der Waals surface area contributed by atoms with Gasteiger partial charge in [-0.2, -0.15) is 0 Å². The van der Waals surface area contributed by atoms with Crippen LogP contribution in [-0.4, -0.2) is 35.7 Å². The molecule has 0 spiro atoms. The molecule has 0 radical (unpaired) electrons. The molecule has 2 heteroatoms. The van der Waals surface area contributed by atoms with Gasteiger partial charge in [-0.1, -0.05) is 18.6 Å². The van der Waals surface area contributed by atoms with E-state index in [9.17, 15) is 5.11 Å². The average molecular weight is 237 g/mol. The number of aliphatic hydroxyl groups excluding tert-OH is 1. The maximum Gasteiger partial charge on any atom is 0.0552 e. The molecule has 4 atom stereocenters. The summed E-state index contributed by atoms with van der Waals surface area (Å²) in [4.78, 5) is 2.56. The molecule has 1 aliphatic heterocycles. The molecule has 17 heavy (non-hydrogen) atoms. The Labute approximate surface area is 106 Å². The first-order valence-corrected chi connectivity index (χ1v) is 7.15. The largest absolute Gasteiger partial charge is 0.393 e. The summed E-state index contributed by atoms with van der Waals surface area (Å²) in [5.74, 6) is 2.07. The van der Waals surface area contributed by atoms with E-state index >= 15 is 0 Å². The van der Waals surface area contributed by atoms with E-state index < -0.39 is 0 Å². The summed E-state index contributed by atoms with van der Waals surface area (Å²) in [5, 5.41) is 9.64. The summed E-state index contributed by atoms with van der Waals surface area (Å²) in [7, 11) is 0. The van der Waals surface area contributed by atoms with Crippen LogP contribution >= 0.6 is 0 Å². The van der Waals surface area contributed by atoms with E-state index in [1.165, 1.54) is 32.4 Å². The van der Waals surface area contributed by atoms with Crippen molar-refractivity contribution in [1.29, 1.82) is 0 Å². The predicted molar refractivity (Wildman–Crippen MR) is 71.9 cm³/mol. The minimum atomic E-state index is -0.139. The SMILES string of the molecule is CC1=CCC[C@H](C)[C@@H]1CN1CC[C@@H]([C@H](C)O)C1. The van der Waals surface area contributed by atoms with E-state index in [0.717, 1.165) is 18.4 Å². The van der Waals surface area contributed by atoms with Crippen molar-refractivity contribution in [3.05, 3.63) is 11.6 Å². The van der Waals surface area contributed by atoms with Gasteiger partial charge in [0.05, 0.1) is 6.10 Å². The molecular weight excluding hydrogens is 210 g/mol. The number of hydrogen-bond acceptors (Lipinski definition) is 2. The standard InChI is InChI=1S/C15H27NO/c1-11-5-4-6-12(2)15(11)10-16-8-7-14(9-16)13(3)17/h5,12-15,17H,4,6-10H2,1-3H3/t12-,13-,14+,15+/m0/s1. The first kappa shape index (κ1) is 13.1. The van der Waals surface area contributed by atoms with Gasteiger partial charge in [-0.15, -0.1) is 0 Å². The topological polar surface area (TPSA) is 23.5 Å². The molecular formula is C15H27NO. The molecule has 1 fully saturated rings. The van der Waals surface area contributed by atoms with Gasteiger partial charge < -0.3 is 10.0 Å². The third-order valence-corrected chi connectivity index (χ3v) is 4.81. The predicted octanol–water partition coefficient (Wildman–Crippen LogP) is 2.68. The summed E-state index contributed by atoms with van der Waals surface area (Å²) in [6.07, 6.45) is 6.06. The van der Waals surface area contributed by atoms with E-state index in [-0.39, 0.29) is 6.10 Å². The fourth-order valence-electron chi connectivity index (χ4n) is 3.40. The quantitative estimate of drug-likeness (QED) is 0.763. The van der Waals surface area contributed by atoms with E-state index in [2.05, 4.69) is 24.8 Å². The molecule has 0 unspecified atom stereocenters. The van der Waals surface area contributed by atoms with E-state index in [0.29, 0.717) is 5.92 Å². The number of aliphatic hydroxyl groups is 1. The van der Waals surface area contributed by atoms with Gasteiger partial charge in [0.15, 0.2) is 0 Å². The molecule has 2 aliphatic rings. The van der Waals surface area contributed by atoms with Crippen LogP contribution in [0.15, 0.2) is 11.6 Å². The molecule has 1 N–H and O–H groups in total. The number of likely N-dealkylation sites (tertiary alicyclic amines) is 1. The van der Waals surface area contributed by atoms with Crippen molar-refractivity contribution in [3.63, 3.8) is 0 Å². The molecule has 0 saturated carbocycles. The van der Waals surface area contributed by atoms with Gasteiger partial charge in [-0.3, -0.25) is 0 Å². The molecule has 2 rings (SSSR count). The summed E-state index contributed by atoms with van der Waals surface area (Å²) >= 11 is 0. The molecule has 0 aromatic rings. The van der Waals surface area contributed by atoms with Crippen molar-refractivity contribution in [2.24, 2.45) is 17.8 Å². The molecule has 1 saturated heterocycles. The molecule has 0 aromatic heterocycles. The Morgan fingerprint density at radius 2 is 2.24 bits per heavy atom. The average Bonchev–Trinajstić information content (AvgIpc) is 2.72. The Balaban J connectivity index is 1.89. The van der Waals surface area contributed by atoms with Gasteiger partial charge in [-0.25, -0.2) is 0 Å². The van der Waals surface area contributed by atoms with Crippen molar-refractivity contribution in [2.45, 2.75) is 46.1 Å². The number of hydrogen-bond donors (Lipinski definition) is 1. The summed E-state index contributed by atoms with van der Waals surface area (Å²) < 4.78 is 0. The zero-order valence-corrected chi connectivity index (χ0v) is 11.5. The number of nitrogens with zero attached hydrogens (tertiary/aromatic N) is 1. The van der Waals surface area contributed by atoms with Crippen LogP contribution in [0.2, 0.25) is 0 Å². The van der Waals surface area contributed by atoms with Gasteiger partial charge >= 0.3 is 0 Å². The third kappa shape index (κ3) is 3.11. The zero-order valence-electron chi connectivity index (χ0n) is 11.5. The molecule has 1 heterocycles. The van der Waals surface area contributed by atoms with Gasteiger partial charge in [0.1, 0.15) is 0 Å². The minimum absolute atomic E-state index is 0.139. The van der Waals surface area contributed by atoms with Gasteiger partial charge in [0.2, 0.25) is 0 Å². The van der Waals surface area contributed by atoms with Crippen LogP contribution in [0, 0.1) is 17.8 Å². The van der Waals surface area contributed by atoms with Crippen LogP contribution in [0.25, 0.3) is 0 Å². The second-order valence-corrected chi connectivity index (χ2v) is 6.16. The Kier molecular flexibility index (Phi) is 4.26. The van der Waals surface area contributed by atoms with E-state index in [1.54, 1.807) is 5.57 Å². The van der Waals surface area contributed by atoms with Crippen LogP contribution in [0.4, 0.5) is 0 Å². The fourth-order valence-corrected chi connectivity index (χ4v) is 3.40. The van der Waals surface area contributed by atoms with Crippen molar-refractivity contribution >= 4 is 0 Å². The lowest BCUT2D eigenvalue weighted by molar-refractivity contribution is 0.124.